The highest BCUT2D eigenvalue weighted by atomic mass is 15.3. The molecule has 1 aromatic heterocycles. The topological polar surface area (TPSA) is 58.3 Å². The maximum absolute atomic E-state index is 5.54. The lowest BCUT2D eigenvalue weighted by Gasteiger charge is -2.22. The maximum Gasteiger partial charge on any atom is 0.226 e. The summed E-state index contributed by atoms with van der Waals surface area (Å²) in [7, 11) is 3.86. The van der Waals surface area contributed by atoms with Crippen molar-refractivity contribution in [1.82, 2.24) is 9.97 Å². The molecule has 0 atom stereocenters. The molecule has 0 amide bonds. The van der Waals surface area contributed by atoms with E-state index < -0.39 is 0 Å². The van der Waals surface area contributed by atoms with Crippen LogP contribution in [0.5, 0.6) is 0 Å². The SMILES string of the molecule is CCN(CCN)c1ccnc(N(C)C)n1. The van der Waals surface area contributed by atoms with Gasteiger partial charge in [0.2, 0.25) is 5.95 Å². The number of nitrogens with two attached hydrogens (primary N) is 1. The van der Waals surface area contributed by atoms with Gasteiger partial charge in [0.15, 0.2) is 0 Å². The second kappa shape index (κ2) is 5.50. The van der Waals surface area contributed by atoms with E-state index in [1.54, 1.807) is 6.20 Å². The van der Waals surface area contributed by atoms with Crippen molar-refractivity contribution in [3.05, 3.63) is 12.3 Å². The molecule has 5 nitrogen and oxygen atoms in total. The van der Waals surface area contributed by atoms with E-state index in [4.69, 9.17) is 5.73 Å². The van der Waals surface area contributed by atoms with Gasteiger partial charge in [0.05, 0.1) is 0 Å². The fourth-order valence-corrected chi connectivity index (χ4v) is 1.32. The Kier molecular flexibility index (Phi) is 4.30. The molecule has 1 rings (SSSR count). The zero-order valence-electron chi connectivity index (χ0n) is 9.64. The van der Waals surface area contributed by atoms with Crippen LogP contribution in [0.25, 0.3) is 0 Å². The summed E-state index contributed by atoms with van der Waals surface area (Å²) in [4.78, 5) is 12.6. The van der Waals surface area contributed by atoms with Gasteiger partial charge in [0.25, 0.3) is 0 Å². The van der Waals surface area contributed by atoms with Gasteiger partial charge in [0, 0.05) is 39.9 Å². The molecule has 0 aliphatic carbocycles. The normalized spacial score (nSPS) is 10.1. The fraction of sp³-hybridized carbons (Fsp3) is 0.600. The third-order valence-corrected chi connectivity index (χ3v) is 2.13. The summed E-state index contributed by atoms with van der Waals surface area (Å²) in [6.45, 7) is 4.45. The molecular weight excluding hydrogens is 190 g/mol. The molecule has 0 aliphatic rings. The van der Waals surface area contributed by atoms with Crippen LogP contribution in [0, 0.1) is 0 Å². The Balaban J connectivity index is 2.87. The van der Waals surface area contributed by atoms with Gasteiger partial charge in [-0.1, -0.05) is 0 Å². The highest BCUT2D eigenvalue weighted by Gasteiger charge is 2.06. The van der Waals surface area contributed by atoms with Crippen molar-refractivity contribution < 1.29 is 0 Å². The van der Waals surface area contributed by atoms with Crippen LogP contribution in [0.1, 0.15) is 6.92 Å². The van der Waals surface area contributed by atoms with Crippen LogP contribution in [-0.2, 0) is 0 Å². The standard InChI is InChI=1S/C10H19N5/c1-4-15(8-6-11)9-5-7-12-10(13-9)14(2)3/h5,7H,4,6,8,11H2,1-3H3. The minimum Gasteiger partial charge on any atom is -0.355 e. The minimum absolute atomic E-state index is 0.634. The van der Waals surface area contributed by atoms with Crippen molar-refractivity contribution in [2.45, 2.75) is 6.92 Å². The van der Waals surface area contributed by atoms with Crippen molar-refractivity contribution in [2.24, 2.45) is 5.73 Å². The number of anilines is 2. The van der Waals surface area contributed by atoms with Crippen LogP contribution in [-0.4, -0.2) is 43.7 Å². The summed E-state index contributed by atoms with van der Waals surface area (Å²) in [6, 6.07) is 1.91. The highest BCUT2D eigenvalue weighted by Crippen LogP contribution is 2.12. The van der Waals surface area contributed by atoms with Crippen molar-refractivity contribution in [2.75, 3.05) is 43.5 Å². The fourth-order valence-electron chi connectivity index (χ4n) is 1.32. The Morgan fingerprint density at radius 1 is 1.40 bits per heavy atom. The summed E-state index contributed by atoms with van der Waals surface area (Å²) >= 11 is 0. The molecule has 5 heteroatoms. The van der Waals surface area contributed by atoms with Crippen LogP contribution < -0.4 is 15.5 Å². The molecule has 0 unspecified atom stereocenters. The molecule has 0 saturated heterocycles. The van der Waals surface area contributed by atoms with Gasteiger partial charge in [-0.2, -0.15) is 4.98 Å². The lowest BCUT2D eigenvalue weighted by Crippen LogP contribution is -2.30. The Morgan fingerprint density at radius 3 is 2.67 bits per heavy atom. The van der Waals surface area contributed by atoms with Gasteiger partial charge >= 0.3 is 0 Å². The Hall–Kier alpha value is -1.36. The number of nitrogens with zero attached hydrogens (tertiary/aromatic N) is 4. The van der Waals surface area contributed by atoms with Crippen LogP contribution >= 0.6 is 0 Å². The number of hydrogen-bond donors (Lipinski definition) is 1. The predicted octanol–water partition coefficient (Wildman–Crippen LogP) is 0.328. The first-order valence-electron chi connectivity index (χ1n) is 5.14. The summed E-state index contributed by atoms with van der Waals surface area (Å²) in [5, 5.41) is 0. The molecule has 1 aromatic rings. The average molecular weight is 209 g/mol. The second-order valence-corrected chi connectivity index (χ2v) is 3.48. The molecule has 0 spiro atoms. The molecule has 0 radical (unpaired) electrons. The number of likely N-dealkylation sites (N-methyl/N-ethyl adjacent to an activating group) is 1. The van der Waals surface area contributed by atoms with Gasteiger partial charge in [-0.15, -0.1) is 0 Å². The van der Waals surface area contributed by atoms with Crippen molar-refractivity contribution in [1.29, 1.82) is 0 Å². The summed E-state index contributed by atoms with van der Waals surface area (Å²) < 4.78 is 0. The van der Waals surface area contributed by atoms with Crippen LogP contribution in [0.2, 0.25) is 0 Å². The quantitative estimate of drug-likeness (QED) is 0.757. The molecule has 0 saturated carbocycles. The molecule has 0 fully saturated rings. The van der Waals surface area contributed by atoms with E-state index in [0.29, 0.717) is 6.54 Å². The first-order chi connectivity index (χ1) is 7.19. The number of hydrogen-bond acceptors (Lipinski definition) is 5. The van der Waals surface area contributed by atoms with Gasteiger partial charge in [-0.3, -0.25) is 0 Å². The molecule has 0 bridgehead atoms. The van der Waals surface area contributed by atoms with Gasteiger partial charge < -0.3 is 15.5 Å². The molecule has 15 heavy (non-hydrogen) atoms. The molecule has 84 valence electrons. The number of rotatable bonds is 5. The van der Waals surface area contributed by atoms with Crippen LogP contribution in [0.4, 0.5) is 11.8 Å². The van der Waals surface area contributed by atoms with E-state index in [-0.39, 0.29) is 0 Å². The van der Waals surface area contributed by atoms with E-state index >= 15 is 0 Å². The van der Waals surface area contributed by atoms with Crippen molar-refractivity contribution >= 4 is 11.8 Å². The Labute approximate surface area is 90.9 Å². The molecule has 2 N–H and O–H groups in total. The zero-order valence-corrected chi connectivity index (χ0v) is 9.64. The molecule has 0 aromatic carbocycles. The van der Waals surface area contributed by atoms with Crippen LogP contribution in [0.15, 0.2) is 12.3 Å². The lowest BCUT2D eigenvalue weighted by atomic mass is 10.4. The van der Waals surface area contributed by atoms with E-state index in [1.165, 1.54) is 0 Å². The smallest absolute Gasteiger partial charge is 0.226 e. The first kappa shape index (κ1) is 11.7. The molecule has 0 aliphatic heterocycles. The van der Waals surface area contributed by atoms with Crippen molar-refractivity contribution in [3.63, 3.8) is 0 Å². The van der Waals surface area contributed by atoms with E-state index in [0.717, 1.165) is 24.9 Å². The largest absolute Gasteiger partial charge is 0.355 e. The summed E-state index contributed by atoms with van der Waals surface area (Å²) in [5.41, 5.74) is 5.54. The number of aromatic nitrogens is 2. The zero-order chi connectivity index (χ0) is 11.3. The first-order valence-corrected chi connectivity index (χ1v) is 5.14. The van der Waals surface area contributed by atoms with E-state index in [2.05, 4.69) is 21.8 Å². The predicted molar refractivity (Wildman–Crippen MR) is 63.3 cm³/mol. The average Bonchev–Trinajstić information content (AvgIpc) is 2.26. The van der Waals surface area contributed by atoms with Crippen LogP contribution in [0.3, 0.4) is 0 Å². The third kappa shape index (κ3) is 3.06. The van der Waals surface area contributed by atoms with Crippen molar-refractivity contribution in [3.8, 4) is 0 Å². The van der Waals surface area contributed by atoms with Gasteiger partial charge in [-0.05, 0) is 13.0 Å². The Morgan fingerprint density at radius 2 is 2.13 bits per heavy atom. The maximum atomic E-state index is 5.54. The third-order valence-electron chi connectivity index (χ3n) is 2.13. The Bertz CT molecular complexity index is 300. The van der Waals surface area contributed by atoms with E-state index in [9.17, 15) is 0 Å². The van der Waals surface area contributed by atoms with Gasteiger partial charge in [-0.25, -0.2) is 4.98 Å². The second-order valence-electron chi connectivity index (χ2n) is 3.48. The van der Waals surface area contributed by atoms with Gasteiger partial charge in [0.1, 0.15) is 5.82 Å². The molecule has 1 heterocycles. The summed E-state index contributed by atoms with van der Waals surface area (Å²) in [6.07, 6.45) is 1.77. The highest BCUT2D eigenvalue weighted by molar-refractivity contribution is 5.42. The van der Waals surface area contributed by atoms with E-state index in [1.807, 2.05) is 25.1 Å². The minimum atomic E-state index is 0.634. The monoisotopic (exact) mass is 209 g/mol. The lowest BCUT2D eigenvalue weighted by molar-refractivity contribution is 0.796. The summed E-state index contributed by atoms with van der Waals surface area (Å²) in [5.74, 6) is 1.66. The molecular formula is C10H19N5.